The van der Waals surface area contributed by atoms with E-state index in [0.29, 0.717) is 36.1 Å². The first-order valence-corrected chi connectivity index (χ1v) is 8.46. The summed E-state index contributed by atoms with van der Waals surface area (Å²) in [5.41, 5.74) is 3.76. The zero-order chi connectivity index (χ0) is 18.8. The molecule has 26 heavy (non-hydrogen) atoms. The molecule has 7 nitrogen and oxygen atoms in total. The van der Waals surface area contributed by atoms with Crippen LogP contribution >= 0.6 is 0 Å². The van der Waals surface area contributed by atoms with Crippen LogP contribution in [0.4, 0.5) is 0 Å². The highest BCUT2D eigenvalue weighted by atomic mass is 16.5. The summed E-state index contributed by atoms with van der Waals surface area (Å²) in [6.07, 6.45) is 1.37. The minimum atomic E-state index is -1.02. The van der Waals surface area contributed by atoms with Gasteiger partial charge in [-0.1, -0.05) is 6.07 Å². The van der Waals surface area contributed by atoms with Crippen molar-refractivity contribution in [3.8, 4) is 22.6 Å². The molecule has 3 aromatic rings. The van der Waals surface area contributed by atoms with E-state index in [1.54, 1.807) is 11.4 Å². The predicted molar refractivity (Wildman–Crippen MR) is 97.2 cm³/mol. The van der Waals surface area contributed by atoms with Crippen LogP contribution in [0.1, 0.15) is 35.6 Å². The SMILES string of the molecule is CCOc1ccc(-c2c(C)nn3c(C)c(C(=O)O)cnc23)cc1OCC. The third kappa shape index (κ3) is 2.96. The molecule has 0 aliphatic heterocycles. The van der Waals surface area contributed by atoms with Gasteiger partial charge >= 0.3 is 5.97 Å². The summed E-state index contributed by atoms with van der Waals surface area (Å²) in [5, 5.41) is 13.8. The molecule has 0 amide bonds. The van der Waals surface area contributed by atoms with Gasteiger partial charge in [-0.25, -0.2) is 14.3 Å². The summed E-state index contributed by atoms with van der Waals surface area (Å²) >= 11 is 0. The lowest BCUT2D eigenvalue weighted by Crippen LogP contribution is -2.07. The largest absolute Gasteiger partial charge is 0.490 e. The summed E-state index contributed by atoms with van der Waals surface area (Å²) in [7, 11) is 0. The number of hydrogen-bond acceptors (Lipinski definition) is 5. The normalized spacial score (nSPS) is 10.9. The van der Waals surface area contributed by atoms with Crippen molar-refractivity contribution in [2.75, 3.05) is 13.2 Å². The number of hydrogen-bond donors (Lipinski definition) is 1. The molecule has 0 saturated carbocycles. The summed E-state index contributed by atoms with van der Waals surface area (Å²) in [4.78, 5) is 15.7. The van der Waals surface area contributed by atoms with Crippen molar-refractivity contribution in [1.82, 2.24) is 14.6 Å². The van der Waals surface area contributed by atoms with Gasteiger partial charge in [-0.15, -0.1) is 0 Å². The third-order valence-corrected chi connectivity index (χ3v) is 4.12. The lowest BCUT2D eigenvalue weighted by Gasteiger charge is -2.12. The molecule has 7 heteroatoms. The average Bonchev–Trinajstić information content (AvgIpc) is 2.94. The molecule has 0 saturated heterocycles. The van der Waals surface area contributed by atoms with Crippen molar-refractivity contribution >= 4 is 11.6 Å². The maximum atomic E-state index is 11.3. The number of rotatable bonds is 6. The molecule has 136 valence electrons. The van der Waals surface area contributed by atoms with Gasteiger partial charge in [-0.3, -0.25) is 0 Å². The van der Waals surface area contributed by atoms with E-state index in [0.717, 1.165) is 16.8 Å². The molecular formula is C19H21N3O4. The van der Waals surface area contributed by atoms with Crippen LogP contribution < -0.4 is 9.47 Å². The van der Waals surface area contributed by atoms with E-state index in [4.69, 9.17) is 9.47 Å². The molecule has 2 heterocycles. The molecule has 0 spiro atoms. The van der Waals surface area contributed by atoms with Crippen molar-refractivity contribution in [2.45, 2.75) is 27.7 Å². The molecule has 0 fully saturated rings. The van der Waals surface area contributed by atoms with Gasteiger partial charge in [0.15, 0.2) is 17.1 Å². The Hall–Kier alpha value is -3.09. The Morgan fingerprint density at radius 3 is 2.50 bits per heavy atom. The minimum absolute atomic E-state index is 0.133. The van der Waals surface area contributed by atoms with Crippen LogP contribution in [-0.4, -0.2) is 38.9 Å². The summed E-state index contributed by atoms with van der Waals surface area (Å²) in [6, 6.07) is 5.70. The quantitative estimate of drug-likeness (QED) is 0.728. The second-order valence-corrected chi connectivity index (χ2v) is 5.79. The van der Waals surface area contributed by atoms with E-state index in [1.807, 2.05) is 39.0 Å². The molecule has 0 radical (unpaired) electrons. The molecular weight excluding hydrogens is 334 g/mol. The standard InChI is InChI=1S/C19H21N3O4/c1-5-25-15-8-7-13(9-16(15)26-6-2)17-11(3)21-22-12(4)14(19(23)24)10-20-18(17)22/h7-10H,5-6H2,1-4H3,(H,23,24). The molecule has 0 aliphatic rings. The van der Waals surface area contributed by atoms with Gasteiger partial charge in [-0.2, -0.15) is 5.10 Å². The van der Waals surface area contributed by atoms with Crippen molar-refractivity contribution in [3.63, 3.8) is 0 Å². The number of carboxylic acids is 1. The van der Waals surface area contributed by atoms with Crippen LogP contribution in [0.5, 0.6) is 11.5 Å². The van der Waals surface area contributed by atoms with Crippen LogP contribution in [0.25, 0.3) is 16.8 Å². The van der Waals surface area contributed by atoms with Gasteiger partial charge in [0.05, 0.1) is 30.2 Å². The Labute approximate surface area is 151 Å². The Morgan fingerprint density at radius 1 is 1.15 bits per heavy atom. The Balaban J connectivity index is 2.19. The first-order chi connectivity index (χ1) is 12.5. The number of fused-ring (bicyclic) bond motifs is 1. The highest BCUT2D eigenvalue weighted by molar-refractivity contribution is 5.90. The van der Waals surface area contributed by atoms with E-state index in [2.05, 4.69) is 10.1 Å². The van der Waals surface area contributed by atoms with E-state index in [1.165, 1.54) is 6.20 Å². The smallest absolute Gasteiger partial charge is 0.339 e. The topological polar surface area (TPSA) is 86.0 Å². The summed E-state index contributed by atoms with van der Waals surface area (Å²) in [5.74, 6) is 0.320. The van der Waals surface area contributed by atoms with Crippen LogP contribution in [0.3, 0.4) is 0 Å². The van der Waals surface area contributed by atoms with Crippen LogP contribution in [0, 0.1) is 13.8 Å². The summed E-state index contributed by atoms with van der Waals surface area (Å²) < 4.78 is 12.9. The number of benzene rings is 1. The molecule has 0 unspecified atom stereocenters. The van der Waals surface area contributed by atoms with E-state index < -0.39 is 5.97 Å². The zero-order valence-corrected chi connectivity index (χ0v) is 15.2. The molecule has 2 aromatic heterocycles. The first-order valence-electron chi connectivity index (χ1n) is 8.46. The monoisotopic (exact) mass is 355 g/mol. The fraction of sp³-hybridized carbons (Fsp3) is 0.316. The Kier molecular flexibility index (Phi) is 4.79. The molecule has 3 rings (SSSR count). The van der Waals surface area contributed by atoms with Gasteiger partial charge < -0.3 is 14.6 Å². The second-order valence-electron chi connectivity index (χ2n) is 5.79. The highest BCUT2D eigenvalue weighted by Crippen LogP contribution is 2.35. The van der Waals surface area contributed by atoms with Gasteiger partial charge in [-0.05, 0) is 45.4 Å². The van der Waals surface area contributed by atoms with E-state index >= 15 is 0 Å². The van der Waals surface area contributed by atoms with Gasteiger partial charge in [0.1, 0.15) is 0 Å². The molecule has 0 atom stereocenters. The predicted octanol–water partition coefficient (Wildman–Crippen LogP) is 3.51. The number of aryl methyl sites for hydroxylation is 2. The number of carbonyl (C=O) groups is 1. The first kappa shape index (κ1) is 17.7. The lowest BCUT2D eigenvalue weighted by atomic mass is 10.1. The minimum Gasteiger partial charge on any atom is -0.490 e. The zero-order valence-electron chi connectivity index (χ0n) is 15.2. The highest BCUT2D eigenvalue weighted by Gasteiger charge is 2.19. The second kappa shape index (κ2) is 7.03. The van der Waals surface area contributed by atoms with Gasteiger partial charge in [0.2, 0.25) is 0 Å². The maximum Gasteiger partial charge on any atom is 0.339 e. The lowest BCUT2D eigenvalue weighted by molar-refractivity contribution is 0.0695. The van der Waals surface area contributed by atoms with Gasteiger partial charge in [0, 0.05) is 11.8 Å². The Morgan fingerprint density at radius 2 is 1.85 bits per heavy atom. The molecule has 1 aromatic carbocycles. The number of carboxylic acid groups (broad SMARTS) is 1. The van der Waals surface area contributed by atoms with Crippen LogP contribution in [0.2, 0.25) is 0 Å². The van der Waals surface area contributed by atoms with Gasteiger partial charge in [0.25, 0.3) is 0 Å². The summed E-state index contributed by atoms with van der Waals surface area (Å²) in [6.45, 7) is 8.51. The molecule has 1 N–H and O–H groups in total. The van der Waals surface area contributed by atoms with E-state index in [-0.39, 0.29) is 5.56 Å². The van der Waals surface area contributed by atoms with Crippen molar-refractivity contribution in [3.05, 3.63) is 41.3 Å². The number of aromatic nitrogens is 3. The fourth-order valence-electron chi connectivity index (χ4n) is 2.96. The van der Waals surface area contributed by atoms with Crippen molar-refractivity contribution in [1.29, 1.82) is 0 Å². The molecule has 0 bridgehead atoms. The maximum absolute atomic E-state index is 11.3. The Bertz CT molecular complexity index is 979. The number of aromatic carboxylic acids is 1. The number of ether oxygens (including phenoxy) is 2. The van der Waals surface area contributed by atoms with Crippen molar-refractivity contribution < 1.29 is 19.4 Å². The fourth-order valence-corrected chi connectivity index (χ4v) is 2.96. The third-order valence-electron chi connectivity index (χ3n) is 4.12. The molecule has 0 aliphatic carbocycles. The van der Waals surface area contributed by atoms with Crippen molar-refractivity contribution in [2.24, 2.45) is 0 Å². The van der Waals surface area contributed by atoms with Crippen LogP contribution in [-0.2, 0) is 0 Å². The van der Waals surface area contributed by atoms with E-state index in [9.17, 15) is 9.90 Å². The van der Waals surface area contributed by atoms with Crippen LogP contribution in [0.15, 0.2) is 24.4 Å². The number of nitrogens with zero attached hydrogens (tertiary/aromatic N) is 3. The average molecular weight is 355 g/mol.